The Morgan fingerprint density at radius 1 is 1.21 bits per heavy atom. The van der Waals surface area contributed by atoms with Crippen LogP contribution in [0.15, 0.2) is 12.4 Å². The maximum absolute atomic E-state index is 4.44. The van der Waals surface area contributed by atoms with Gasteiger partial charge >= 0.3 is 0 Å². The van der Waals surface area contributed by atoms with Crippen LogP contribution >= 0.6 is 0 Å². The number of hydrogen-bond acceptors (Lipinski definition) is 2. The van der Waals surface area contributed by atoms with Crippen molar-refractivity contribution in [2.45, 2.75) is 51.5 Å². The number of hydrogen-bond donors (Lipinski definition) is 1. The van der Waals surface area contributed by atoms with Crippen molar-refractivity contribution in [2.24, 2.45) is 23.2 Å². The van der Waals surface area contributed by atoms with Crippen LogP contribution in [0, 0.1) is 23.2 Å². The summed E-state index contributed by atoms with van der Waals surface area (Å²) in [6.45, 7) is 2.43. The van der Waals surface area contributed by atoms with Crippen LogP contribution in [0.1, 0.15) is 51.5 Å². The number of imidazole rings is 1. The molecule has 19 heavy (non-hydrogen) atoms. The zero-order valence-corrected chi connectivity index (χ0v) is 12.1. The predicted molar refractivity (Wildman–Crippen MR) is 77.1 cm³/mol. The highest BCUT2D eigenvalue weighted by molar-refractivity contribution is 5.26. The van der Waals surface area contributed by atoms with Crippen molar-refractivity contribution in [2.75, 3.05) is 12.4 Å². The van der Waals surface area contributed by atoms with Crippen molar-refractivity contribution < 1.29 is 0 Å². The summed E-state index contributed by atoms with van der Waals surface area (Å²) < 4.78 is 2.38. The minimum absolute atomic E-state index is 0.557. The number of anilines is 1. The standard InChI is InChI=1S/C16H25N3/c1-11(19-4-3-18-15(19)17-2)16-8-12-5-13(9-16)7-14(6-12)10-16/h3-4,11-14H,5-10H2,1-2H3,(H,17,18). The molecular weight excluding hydrogens is 234 g/mol. The molecule has 4 saturated carbocycles. The molecule has 5 rings (SSSR count). The van der Waals surface area contributed by atoms with Crippen LogP contribution in [0.3, 0.4) is 0 Å². The normalized spacial score (nSPS) is 41.5. The van der Waals surface area contributed by atoms with Gasteiger partial charge in [0.25, 0.3) is 0 Å². The second-order valence-corrected chi connectivity index (χ2v) is 7.36. The van der Waals surface area contributed by atoms with Crippen LogP contribution < -0.4 is 5.32 Å². The van der Waals surface area contributed by atoms with E-state index in [9.17, 15) is 0 Å². The summed E-state index contributed by atoms with van der Waals surface area (Å²) in [5.41, 5.74) is 0.557. The Morgan fingerprint density at radius 3 is 2.32 bits per heavy atom. The summed E-state index contributed by atoms with van der Waals surface area (Å²) in [7, 11) is 1.98. The third-order valence-electron chi connectivity index (χ3n) is 6.28. The van der Waals surface area contributed by atoms with Crippen LogP contribution in [0.2, 0.25) is 0 Å². The Hall–Kier alpha value is -0.990. The van der Waals surface area contributed by atoms with Crippen LogP contribution in [0.4, 0.5) is 5.95 Å². The van der Waals surface area contributed by atoms with Gasteiger partial charge in [-0.3, -0.25) is 0 Å². The first-order chi connectivity index (χ1) is 9.20. The van der Waals surface area contributed by atoms with Crippen LogP contribution in [0.25, 0.3) is 0 Å². The van der Waals surface area contributed by atoms with Crippen molar-refractivity contribution in [3.63, 3.8) is 0 Å². The molecule has 0 aromatic carbocycles. The van der Waals surface area contributed by atoms with E-state index in [1.54, 1.807) is 0 Å². The zero-order valence-electron chi connectivity index (χ0n) is 12.1. The summed E-state index contributed by atoms with van der Waals surface area (Å²) in [6.07, 6.45) is 13.0. The molecule has 4 aliphatic rings. The molecule has 1 aromatic rings. The van der Waals surface area contributed by atoms with E-state index in [2.05, 4.69) is 28.0 Å². The van der Waals surface area contributed by atoms with Crippen molar-refractivity contribution in [1.82, 2.24) is 9.55 Å². The molecule has 0 radical (unpaired) electrons. The second kappa shape index (κ2) is 4.00. The number of rotatable bonds is 3. The molecule has 0 amide bonds. The number of nitrogens with one attached hydrogen (secondary N) is 1. The van der Waals surface area contributed by atoms with Crippen LogP contribution in [0.5, 0.6) is 0 Å². The molecule has 4 fully saturated rings. The van der Waals surface area contributed by atoms with Crippen molar-refractivity contribution in [3.05, 3.63) is 12.4 Å². The van der Waals surface area contributed by atoms with Gasteiger partial charge in [-0.1, -0.05) is 0 Å². The van der Waals surface area contributed by atoms with E-state index < -0.39 is 0 Å². The van der Waals surface area contributed by atoms with E-state index >= 15 is 0 Å². The molecule has 4 aliphatic carbocycles. The third kappa shape index (κ3) is 1.66. The van der Waals surface area contributed by atoms with Crippen molar-refractivity contribution in [3.8, 4) is 0 Å². The molecule has 1 aromatic heterocycles. The highest BCUT2D eigenvalue weighted by Gasteiger charge is 2.53. The average Bonchev–Trinajstić information content (AvgIpc) is 2.84. The van der Waals surface area contributed by atoms with E-state index in [-0.39, 0.29) is 0 Å². The summed E-state index contributed by atoms with van der Waals surface area (Å²) in [5.74, 6) is 4.10. The molecule has 104 valence electrons. The summed E-state index contributed by atoms with van der Waals surface area (Å²) in [5, 5.41) is 3.24. The third-order valence-corrected chi connectivity index (χ3v) is 6.28. The van der Waals surface area contributed by atoms with E-state index in [0.717, 1.165) is 23.7 Å². The van der Waals surface area contributed by atoms with Gasteiger partial charge in [0, 0.05) is 25.5 Å². The monoisotopic (exact) mass is 259 g/mol. The first-order valence-corrected chi connectivity index (χ1v) is 7.91. The molecule has 0 aliphatic heterocycles. The lowest BCUT2D eigenvalue weighted by Gasteiger charge is -2.59. The van der Waals surface area contributed by atoms with Gasteiger partial charge in [0.05, 0.1) is 0 Å². The van der Waals surface area contributed by atoms with Crippen molar-refractivity contribution in [1.29, 1.82) is 0 Å². The van der Waals surface area contributed by atoms with E-state index in [0.29, 0.717) is 11.5 Å². The largest absolute Gasteiger partial charge is 0.359 e. The smallest absolute Gasteiger partial charge is 0.202 e. The van der Waals surface area contributed by atoms with Gasteiger partial charge in [-0.15, -0.1) is 0 Å². The van der Waals surface area contributed by atoms with Gasteiger partial charge in [-0.25, -0.2) is 4.98 Å². The first-order valence-electron chi connectivity index (χ1n) is 7.91. The molecule has 0 saturated heterocycles. The maximum Gasteiger partial charge on any atom is 0.202 e. The fourth-order valence-corrected chi connectivity index (χ4v) is 5.80. The summed E-state index contributed by atoms with van der Waals surface area (Å²) in [6, 6.07) is 0.589. The lowest BCUT2D eigenvalue weighted by atomic mass is 9.48. The minimum Gasteiger partial charge on any atom is -0.359 e. The van der Waals surface area contributed by atoms with Gasteiger partial charge in [0.15, 0.2) is 0 Å². The lowest BCUT2D eigenvalue weighted by Crippen LogP contribution is -2.49. The van der Waals surface area contributed by atoms with Gasteiger partial charge in [-0.05, 0) is 68.6 Å². The Labute approximate surface area is 115 Å². The second-order valence-electron chi connectivity index (χ2n) is 7.36. The van der Waals surface area contributed by atoms with E-state index in [1.807, 2.05) is 13.2 Å². The molecule has 3 nitrogen and oxygen atoms in total. The molecule has 1 atom stereocenters. The quantitative estimate of drug-likeness (QED) is 0.897. The zero-order chi connectivity index (χ0) is 13.0. The molecular formula is C16H25N3. The van der Waals surface area contributed by atoms with Gasteiger partial charge in [0.1, 0.15) is 0 Å². The molecule has 1 heterocycles. The van der Waals surface area contributed by atoms with E-state index in [4.69, 9.17) is 0 Å². The first kappa shape index (κ1) is 11.8. The minimum atomic E-state index is 0.557. The van der Waals surface area contributed by atoms with Gasteiger partial charge in [-0.2, -0.15) is 0 Å². The summed E-state index contributed by atoms with van der Waals surface area (Å²) >= 11 is 0. The molecule has 4 bridgehead atoms. The Kier molecular flexibility index (Phi) is 2.49. The van der Waals surface area contributed by atoms with E-state index in [1.165, 1.54) is 38.5 Å². The highest BCUT2D eigenvalue weighted by atomic mass is 15.2. The van der Waals surface area contributed by atoms with Crippen LogP contribution in [-0.2, 0) is 0 Å². The number of aromatic nitrogens is 2. The average molecular weight is 259 g/mol. The Morgan fingerprint density at radius 2 is 1.79 bits per heavy atom. The molecule has 0 spiro atoms. The lowest BCUT2D eigenvalue weighted by molar-refractivity contribution is -0.0784. The fourth-order valence-electron chi connectivity index (χ4n) is 5.80. The van der Waals surface area contributed by atoms with Gasteiger partial charge < -0.3 is 9.88 Å². The van der Waals surface area contributed by atoms with Crippen molar-refractivity contribution >= 4 is 5.95 Å². The maximum atomic E-state index is 4.44. The molecule has 1 unspecified atom stereocenters. The number of nitrogens with zero attached hydrogens (tertiary/aromatic N) is 2. The fraction of sp³-hybridized carbons (Fsp3) is 0.812. The summed E-state index contributed by atoms with van der Waals surface area (Å²) in [4.78, 5) is 4.44. The topological polar surface area (TPSA) is 29.9 Å². The Bertz CT molecular complexity index is 441. The van der Waals surface area contributed by atoms with Gasteiger partial charge in [0.2, 0.25) is 5.95 Å². The predicted octanol–water partition coefficient (Wildman–Crippen LogP) is 3.70. The van der Waals surface area contributed by atoms with Crippen LogP contribution in [-0.4, -0.2) is 16.6 Å². The molecule has 3 heteroatoms. The SMILES string of the molecule is CNc1nccn1C(C)C12CC3CC(CC(C3)C1)C2. The highest BCUT2D eigenvalue weighted by Crippen LogP contribution is 2.63. The Balaban J connectivity index is 1.68. The molecule has 1 N–H and O–H groups in total.